The van der Waals surface area contributed by atoms with Gasteiger partial charge in [-0.1, -0.05) is 24.3 Å². The molecule has 0 unspecified atom stereocenters. The van der Waals surface area contributed by atoms with Crippen LogP contribution in [0.25, 0.3) is 0 Å². The van der Waals surface area contributed by atoms with Crippen molar-refractivity contribution in [2.45, 2.75) is 13.8 Å². The average molecular weight is 350 g/mol. The third-order valence-corrected chi connectivity index (χ3v) is 23.9. The summed E-state index contributed by atoms with van der Waals surface area (Å²) in [7, 11) is 0. The molecule has 0 fully saturated rings. The molecule has 10 heteroatoms. The number of aryl methyl sites for hydroxylation is 2. The third-order valence-electron chi connectivity index (χ3n) is 2.13. The maximum absolute atomic E-state index is 10.3. The minimum absolute atomic E-state index is 1.37. The van der Waals surface area contributed by atoms with E-state index in [4.69, 9.17) is 19.6 Å². The van der Waals surface area contributed by atoms with Crippen LogP contribution in [-0.2, 0) is 27.6 Å². The Balaban J connectivity index is 0.000000327. The first-order valence-corrected chi connectivity index (χ1v) is 17.7. The maximum atomic E-state index is 10.3. The van der Waals surface area contributed by atoms with Crippen LogP contribution in [0.3, 0.4) is 0 Å². The second kappa shape index (κ2) is 6.92. The second-order valence-electron chi connectivity index (χ2n) is 3.81. The van der Waals surface area contributed by atoms with Crippen molar-refractivity contribution < 1.29 is 47.2 Å². The normalized spacial score (nSPS) is 10.9. The predicted molar refractivity (Wildman–Crippen MR) is 60.7 cm³/mol. The van der Waals surface area contributed by atoms with E-state index in [0.29, 0.717) is 0 Å². The molecule has 0 aliphatic heterocycles. The summed E-state index contributed by atoms with van der Waals surface area (Å²) in [6.45, 7) is 4.24. The van der Waals surface area contributed by atoms with Gasteiger partial charge in [0.05, 0.1) is 0 Å². The Hall–Kier alpha value is -0.0566. The quantitative estimate of drug-likeness (QED) is 0.469. The van der Waals surface area contributed by atoms with Crippen LogP contribution in [0.15, 0.2) is 24.3 Å². The van der Waals surface area contributed by atoms with Crippen LogP contribution < -0.4 is 0 Å². The molecule has 0 amide bonds. The molecule has 0 atom stereocenters. The molecular weight excluding hydrogens is 335 g/mol. The van der Waals surface area contributed by atoms with Gasteiger partial charge in [-0.25, -0.2) is 0 Å². The Bertz CT molecular complexity index is 473. The van der Waals surface area contributed by atoms with E-state index >= 15 is 0 Å². The fraction of sp³-hybridized carbons (Fsp3) is 0.250. The van der Waals surface area contributed by atoms with Gasteiger partial charge in [0.15, 0.2) is 0 Å². The molecule has 100 valence electrons. The van der Waals surface area contributed by atoms with Crippen molar-refractivity contribution in [3.63, 3.8) is 0 Å². The van der Waals surface area contributed by atoms with Gasteiger partial charge in [0.2, 0.25) is 0 Å². The van der Waals surface area contributed by atoms with E-state index in [0.717, 1.165) is 0 Å². The second-order valence-corrected chi connectivity index (χ2v) is 27.1. The Kier molecular flexibility index (Phi) is 6.90. The van der Waals surface area contributed by atoms with Crippen LogP contribution in [0.2, 0.25) is 0 Å². The Morgan fingerprint density at radius 1 is 0.889 bits per heavy atom. The van der Waals surface area contributed by atoms with Crippen LogP contribution in [0.1, 0.15) is 11.1 Å². The van der Waals surface area contributed by atoms with Gasteiger partial charge in [-0.05, 0) is 25.0 Å². The molecule has 4 N–H and O–H groups in total. The van der Waals surface area contributed by atoms with Crippen LogP contribution in [-0.4, -0.2) is 19.6 Å². The van der Waals surface area contributed by atoms with Crippen molar-refractivity contribution in [1.29, 1.82) is 0 Å². The molecule has 0 bridgehead atoms. The van der Waals surface area contributed by atoms with Gasteiger partial charge >= 0.3 is 59.1 Å². The van der Waals surface area contributed by atoms with E-state index in [1.165, 1.54) is 11.1 Å². The van der Waals surface area contributed by atoms with Gasteiger partial charge in [0.25, 0.3) is 0 Å². The molecule has 7 nitrogen and oxygen atoms in total. The summed E-state index contributed by atoms with van der Waals surface area (Å²) in [5.41, 5.74) is 2.74. The first-order chi connectivity index (χ1) is 7.96. The zero-order chi connectivity index (χ0) is 14.6. The molecule has 0 aromatic heterocycles. The summed E-state index contributed by atoms with van der Waals surface area (Å²) >= 11 is -5.17. The molecule has 18 heavy (non-hydrogen) atoms. The SMILES string of the molecule is Cc1ccccc1C.[O]=[Zn]([P](=O)(O)O)[P](=O)(O)O. The van der Waals surface area contributed by atoms with Gasteiger partial charge in [-0.2, -0.15) is 0 Å². The zero-order valence-corrected chi connectivity index (χ0v) is 14.7. The summed E-state index contributed by atoms with van der Waals surface area (Å²) in [6, 6.07) is 8.36. The summed E-state index contributed by atoms with van der Waals surface area (Å²) < 4.78 is 30.2. The molecule has 0 aliphatic rings. The van der Waals surface area contributed by atoms with Gasteiger partial charge in [0, 0.05) is 0 Å². The summed E-state index contributed by atoms with van der Waals surface area (Å²) in [4.78, 5) is 32.1. The summed E-state index contributed by atoms with van der Waals surface area (Å²) in [5.74, 6) is -9.98. The molecule has 1 rings (SSSR count). The van der Waals surface area contributed by atoms with Crippen molar-refractivity contribution in [2.75, 3.05) is 0 Å². The fourth-order valence-corrected chi connectivity index (χ4v) is 11.9. The van der Waals surface area contributed by atoms with Crippen LogP contribution in [0.5, 0.6) is 0 Å². The predicted octanol–water partition coefficient (Wildman–Crippen LogP) is 1.44. The molecule has 0 radical (unpaired) electrons. The van der Waals surface area contributed by atoms with E-state index in [9.17, 15) is 12.7 Å². The van der Waals surface area contributed by atoms with Crippen LogP contribution in [0.4, 0.5) is 0 Å². The van der Waals surface area contributed by atoms with E-state index in [2.05, 4.69) is 38.1 Å². The van der Waals surface area contributed by atoms with Crippen molar-refractivity contribution in [3.8, 4) is 0 Å². The molecule has 0 saturated heterocycles. The van der Waals surface area contributed by atoms with Crippen molar-refractivity contribution in [1.82, 2.24) is 0 Å². The first-order valence-electron chi connectivity index (χ1n) is 4.91. The molecule has 0 saturated carbocycles. The summed E-state index contributed by atoms with van der Waals surface area (Å²) in [6.07, 6.45) is 0. The van der Waals surface area contributed by atoms with E-state index in [1.807, 2.05) is 0 Å². The monoisotopic (exact) mass is 348 g/mol. The van der Waals surface area contributed by atoms with E-state index in [1.54, 1.807) is 0 Å². The average Bonchev–Trinajstić information content (AvgIpc) is 2.20. The van der Waals surface area contributed by atoms with Crippen LogP contribution in [0, 0.1) is 13.8 Å². The molecular formula is C8H14O7P2Zn. The molecule has 1 aromatic rings. The molecule has 0 heterocycles. The van der Waals surface area contributed by atoms with Gasteiger partial charge in [0.1, 0.15) is 0 Å². The molecule has 1 aromatic carbocycles. The van der Waals surface area contributed by atoms with Crippen molar-refractivity contribution in [3.05, 3.63) is 35.4 Å². The van der Waals surface area contributed by atoms with Crippen LogP contribution >= 0.6 is 11.9 Å². The van der Waals surface area contributed by atoms with Gasteiger partial charge in [-0.3, -0.25) is 0 Å². The standard InChI is InChI=1S/C8H10.2HO3P.O.Zn/c1-7-5-3-4-6-8(7)2;2*1-4(2)3;;/h3-6H,1-2H3;2*(H-,1,2,3);;/q;;;;-2/p+2. The topological polar surface area (TPSA) is 132 Å². The Morgan fingerprint density at radius 2 is 1.17 bits per heavy atom. The summed E-state index contributed by atoms with van der Waals surface area (Å²) in [5, 5.41) is 0. The molecule has 0 spiro atoms. The first kappa shape index (κ1) is 17.9. The van der Waals surface area contributed by atoms with Gasteiger partial charge in [-0.15, -0.1) is 0 Å². The minimum atomic E-state index is -5.17. The molecule has 0 aliphatic carbocycles. The number of hydrogen-bond acceptors (Lipinski definition) is 3. The van der Waals surface area contributed by atoms with Gasteiger partial charge < -0.3 is 0 Å². The van der Waals surface area contributed by atoms with Crippen molar-refractivity contribution >= 4 is 11.9 Å². The van der Waals surface area contributed by atoms with E-state index < -0.39 is 26.8 Å². The number of benzene rings is 1. The number of rotatable bonds is 2. The van der Waals surface area contributed by atoms with E-state index in [-0.39, 0.29) is 0 Å². The Morgan fingerprint density at radius 3 is 1.28 bits per heavy atom. The fourth-order valence-electron chi connectivity index (χ4n) is 0.903. The third kappa shape index (κ3) is 6.76. The van der Waals surface area contributed by atoms with Crippen molar-refractivity contribution in [2.24, 2.45) is 0 Å². The number of hydrogen-bond donors (Lipinski definition) is 4. The Labute approximate surface area is 108 Å². The zero-order valence-electron chi connectivity index (χ0n) is 9.92.